The fourth-order valence-electron chi connectivity index (χ4n) is 1.06. The second-order valence-electron chi connectivity index (χ2n) is 2.70. The zero-order valence-corrected chi connectivity index (χ0v) is 9.52. The molecule has 0 amide bonds. The molecular formula is C7H7ClF2N2O3S. The van der Waals surface area contributed by atoms with Gasteiger partial charge >= 0.3 is 0 Å². The second-order valence-corrected chi connectivity index (χ2v) is 5.21. The van der Waals surface area contributed by atoms with Crippen LogP contribution in [0.15, 0.2) is 11.1 Å². The monoisotopic (exact) mass is 272 g/mol. The quantitative estimate of drug-likeness (QED) is 0.844. The fourth-order valence-corrected chi connectivity index (χ4v) is 2.23. The second kappa shape index (κ2) is 4.38. The van der Waals surface area contributed by atoms with Crippen molar-refractivity contribution in [1.82, 2.24) is 4.98 Å². The first-order valence-corrected chi connectivity index (χ1v) is 6.15. The lowest BCUT2D eigenvalue weighted by Crippen LogP contribution is -2.07. The average Bonchev–Trinajstić information content (AvgIpc) is 2.14. The number of hydrogen-bond donors (Lipinski definition) is 1. The van der Waals surface area contributed by atoms with Gasteiger partial charge in [-0.25, -0.2) is 22.2 Å². The van der Waals surface area contributed by atoms with Crippen LogP contribution in [0.1, 0.15) is 12.0 Å². The molecule has 0 aromatic carbocycles. The van der Waals surface area contributed by atoms with Crippen LogP contribution >= 0.6 is 10.7 Å². The summed E-state index contributed by atoms with van der Waals surface area (Å²) >= 11 is 0. The molecule has 90 valence electrons. The van der Waals surface area contributed by atoms with Gasteiger partial charge in [0.2, 0.25) is 5.88 Å². The van der Waals surface area contributed by atoms with Crippen LogP contribution in [0.4, 0.5) is 14.5 Å². The number of rotatable bonds is 3. The Morgan fingerprint density at radius 2 is 2.12 bits per heavy atom. The van der Waals surface area contributed by atoms with E-state index in [4.69, 9.17) is 16.4 Å². The summed E-state index contributed by atoms with van der Waals surface area (Å²) < 4.78 is 51.7. The highest BCUT2D eigenvalue weighted by Crippen LogP contribution is 2.36. The maximum Gasteiger partial charge on any atom is 0.268 e. The number of aromatic nitrogens is 1. The van der Waals surface area contributed by atoms with Gasteiger partial charge in [-0.05, 0) is 0 Å². The number of pyridine rings is 1. The highest BCUT2D eigenvalue weighted by atomic mass is 35.7. The molecule has 0 atom stereocenters. The molecule has 2 N–H and O–H groups in total. The van der Waals surface area contributed by atoms with Crippen molar-refractivity contribution >= 4 is 25.4 Å². The van der Waals surface area contributed by atoms with Gasteiger partial charge < -0.3 is 10.5 Å². The molecule has 0 aliphatic carbocycles. The summed E-state index contributed by atoms with van der Waals surface area (Å²) in [5, 5.41) is 0. The van der Waals surface area contributed by atoms with Gasteiger partial charge in [0, 0.05) is 16.9 Å². The number of nitrogen functional groups attached to an aromatic ring is 1. The van der Waals surface area contributed by atoms with E-state index < -0.39 is 37.5 Å². The third-order valence-corrected chi connectivity index (χ3v) is 3.09. The summed E-state index contributed by atoms with van der Waals surface area (Å²) in [6, 6.07) is 0. The van der Waals surface area contributed by atoms with E-state index in [-0.39, 0.29) is 0 Å². The van der Waals surface area contributed by atoms with Crippen molar-refractivity contribution in [2.75, 3.05) is 12.8 Å². The molecule has 0 aliphatic rings. The molecule has 9 heteroatoms. The maximum absolute atomic E-state index is 12.4. The predicted molar refractivity (Wildman–Crippen MR) is 53.2 cm³/mol. The van der Waals surface area contributed by atoms with E-state index in [0.717, 1.165) is 13.3 Å². The Morgan fingerprint density at radius 1 is 1.56 bits per heavy atom. The Morgan fingerprint density at radius 3 is 2.50 bits per heavy atom. The van der Waals surface area contributed by atoms with Crippen LogP contribution in [0.25, 0.3) is 0 Å². The zero-order valence-electron chi connectivity index (χ0n) is 7.95. The lowest BCUT2D eigenvalue weighted by molar-refractivity contribution is 0.151. The molecule has 16 heavy (non-hydrogen) atoms. The van der Waals surface area contributed by atoms with Crippen molar-refractivity contribution in [2.24, 2.45) is 0 Å². The van der Waals surface area contributed by atoms with Gasteiger partial charge in [-0.3, -0.25) is 0 Å². The molecule has 1 aromatic rings. The van der Waals surface area contributed by atoms with Gasteiger partial charge in [0.25, 0.3) is 15.5 Å². The van der Waals surface area contributed by atoms with Crippen molar-refractivity contribution in [3.05, 3.63) is 11.8 Å². The predicted octanol–water partition coefficient (Wildman–Crippen LogP) is 1.54. The number of hydrogen-bond acceptors (Lipinski definition) is 5. The Labute approximate surface area is 94.6 Å². The van der Waals surface area contributed by atoms with Crippen molar-refractivity contribution < 1.29 is 21.9 Å². The Balaban J connectivity index is 3.60. The third-order valence-electron chi connectivity index (χ3n) is 1.74. The molecule has 1 heterocycles. The molecule has 0 bridgehead atoms. The van der Waals surface area contributed by atoms with Crippen LogP contribution in [0.3, 0.4) is 0 Å². The fraction of sp³-hybridized carbons (Fsp3) is 0.286. The van der Waals surface area contributed by atoms with E-state index >= 15 is 0 Å². The van der Waals surface area contributed by atoms with Crippen LogP contribution in [-0.4, -0.2) is 20.5 Å². The van der Waals surface area contributed by atoms with Crippen LogP contribution in [0, 0.1) is 0 Å². The van der Waals surface area contributed by atoms with Gasteiger partial charge in [0.15, 0.2) is 4.90 Å². The molecule has 0 saturated carbocycles. The maximum atomic E-state index is 12.4. The van der Waals surface area contributed by atoms with Crippen molar-refractivity contribution in [3.8, 4) is 5.88 Å². The summed E-state index contributed by atoms with van der Waals surface area (Å²) in [4.78, 5) is 2.66. The van der Waals surface area contributed by atoms with E-state index in [1.807, 2.05) is 0 Å². The van der Waals surface area contributed by atoms with E-state index in [9.17, 15) is 17.2 Å². The molecule has 0 unspecified atom stereocenters. The lowest BCUT2D eigenvalue weighted by atomic mass is 10.2. The molecule has 1 rings (SSSR count). The van der Waals surface area contributed by atoms with Crippen molar-refractivity contribution in [3.63, 3.8) is 0 Å². The Hall–Kier alpha value is -1.15. The van der Waals surface area contributed by atoms with Gasteiger partial charge in [-0.15, -0.1) is 0 Å². The first kappa shape index (κ1) is 12.9. The topological polar surface area (TPSA) is 82.3 Å². The van der Waals surface area contributed by atoms with Gasteiger partial charge in [-0.2, -0.15) is 0 Å². The minimum absolute atomic E-state index is 0.420. The van der Waals surface area contributed by atoms with Crippen LogP contribution in [0.2, 0.25) is 0 Å². The summed E-state index contributed by atoms with van der Waals surface area (Å²) in [6.07, 6.45) is -2.21. The molecule has 0 fully saturated rings. The third kappa shape index (κ3) is 2.33. The van der Waals surface area contributed by atoms with Gasteiger partial charge in [0.05, 0.1) is 18.4 Å². The molecule has 1 aromatic heterocycles. The summed E-state index contributed by atoms with van der Waals surface area (Å²) in [5.41, 5.74) is 3.92. The first-order valence-electron chi connectivity index (χ1n) is 3.84. The molecule has 0 spiro atoms. The van der Waals surface area contributed by atoms with E-state index in [1.165, 1.54) is 0 Å². The summed E-state index contributed by atoms with van der Waals surface area (Å²) in [7, 11) is 1.87. The van der Waals surface area contributed by atoms with E-state index in [1.54, 1.807) is 0 Å². The minimum atomic E-state index is -4.31. The van der Waals surface area contributed by atoms with Crippen molar-refractivity contribution in [2.45, 2.75) is 11.3 Å². The number of halogens is 3. The smallest absolute Gasteiger partial charge is 0.268 e. The number of nitrogens with zero attached hydrogens (tertiary/aromatic N) is 1. The number of nitrogens with two attached hydrogens (primary N) is 1. The molecule has 0 aliphatic heterocycles. The SMILES string of the molecule is COc1ncc(C(F)F)c(N)c1S(=O)(=O)Cl. The number of ether oxygens (including phenoxy) is 1. The molecule has 0 saturated heterocycles. The molecule has 0 radical (unpaired) electrons. The van der Waals surface area contributed by atoms with Crippen LogP contribution < -0.4 is 10.5 Å². The summed E-state index contributed by atoms with van der Waals surface area (Å²) in [6.45, 7) is 0. The lowest BCUT2D eigenvalue weighted by Gasteiger charge is -2.10. The highest BCUT2D eigenvalue weighted by molar-refractivity contribution is 8.14. The highest BCUT2D eigenvalue weighted by Gasteiger charge is 2.26. The largest absolute Gasteiger partial charge is 0.480 e. The number of alkyl halides is 2. The normalized spacial score (nSPS) is 11.8. The van der Waals surface area contributed by atoms with Gasteiger partial charge in [0.1, 0.15) is 0 Å². The van der Waals surface area contributed by atoms with Crippen LogP contribution in [0.5, 0.6) is 5.88 Å². The Kier molecular flexibility index (Phi) is 3.54. The molecular weight excluding hydrogens is 266 g/mol. The van der Waals surface area contributed by atoms with E-state index in [2.05, 4.69) is 9.72 Å². The van der Waals surface area contributed by atoms with E-state index in [0.29, 0.717) is 0 Å². The first-order chi connectivity index (χ1) is 7.29. The number of methoxy groups -OCH3 is 1. The summed E-state index contributed by atoms with van der Waals surface area (Å²) in [5.74, 6) is -0.420. The number of anilines is 1. The standard InChI is InChI=1S/C7H7ClF2N2O3S/c1-15-7-5(16(8,13)14)4(11)3(2-12-7)6(9)10/h2,6H,1H3,(H2,11,12). The van der Waals surface area contributed by atoms with Crippen LogP contribution in [-0.2, 0) is 9.05 Å². The van der Waals surface area contributed by atoms with Crippen molar-refractivity contribution in [1.29, 1.82) is 0 Å². The average molecular weight is 273 g/mol. The Bertz CT molecular complexity index is 507. The van der Waals surface area contributed by atoms with Gasteiger partial charge in [-0.1, -0.05) is 0 Å². The zero-order chi connectivity index (χ0) is 12.5. The minimum Gasteiger partial charge on any atom is -0.480 e. The molecule has 5 nitrogen and oxygen atoms in total.